The zero-order valence-electron chi connectivity index (χ0n) is 12.6. The van der Waals surface area contributed by atoms with Gasteiger partial charge in [0.05, 0.1) is 15.5 Å². The van der Waals surface area contributed by atoms with Crippen LogP contribution in [0.3, 0.4) is 0 Å². The molecule has 1 heterocycles. The third-order valence-corrected chi connectivity index (χ3v) is 5.70. The smallest absolute Gasteiger partial charge is 0.271 e. The normalized spacial score (nSPS) is 16.7. The second-order valence-electron chi connectivity index (χ2n) is 5.15. The van der Waals surface area contributed by atoms with Crippen LogP contribution in [0.15, 0.2) is 62.8 Å². The fraction of sp³-hybridized carbons (Fsp3) is 0. The summed E-state index contributed by atoms with van der Waals surface area (Å²) >= 11 is 4.43. The number of halogens is 1. The van der Waals surface area contributed by atoms with E-state index in [0.29, 0.717) is 10.6 Å². The molecule has 0 radical (unpaired) electrons. The summed E-state index contributed by atoms with van der Waals surface area (Å²) in [6.45, 7) is 0. The Labute approximate surface area is 157 Å². The van der Waals surface area contributed by atoms with Gasteiger partial charge >= 0.3 is 0 Å². The van der Waals surface area contributed by atoms with Gasteiger partial charge in [-0.05, 0) is 59.8 Å². The van der Waals surface area contributed by atoms with Crippen molar-refractivity contribution in [3.8, 4) is 0 Å². The summed E-state index contributed by atoms with van der Waals surface area (Å²) in [5.74, 6) is -0.335. The molecular formula is C16H12BrN3O3S2. The maximum Gasteiger partial charge on any atom is 0.271 e. The minimum absolute atomic E-state index is 0.0491. The molecule has 2 aromatic rings. The minimum Gasteiger partial charge on any atom is -0.278 e. The molecule has 9 heteroatoms. The van der Waals surface area contributed by atoms with Gasteiger partial charge in [-0.15, -0.1) is 0 Å². The first-order valence-electron chi connectivity index (χ1n) is 6.97. The van der Waals surface area contributed by atoms with Gasteiger partial charge in [0.1, 0.15) is 0 Å². The van der Waals surface area contributed by atoms with E-state index in [9.17, 15) is 13.2 Å². The van der Waals surface area contributed by atoms with Crippen LogP contribution in [0, 0.1) is 5.41 Å². The first kappa shape index (κ1) is 17.9. The first-order valence-corrected chi connectivity index (χ1v) is 10.1. The van der Waals surface area contributed by atoms with E-state index in [0.717, 1.165) is 21.8 Å². The molecule has 25 heavy (non-hydrogen) atoms. The summed E-state index contributed by atoms with van der Waals surface area (Å²) in [6, 6.07) is 13.0. The van der Waals surface area contributed by atoms with E-state index >= 15 is 0 Å². The highest BCUT2D eigenvalue weighted by Crippen LogP contribution is 2.35. The molecule has 0 aromatic heterocycles. The lowest BCUT2D eigenvalue weighted by Gasteiger charge is -2.14. The number of hydrogen-bond acceptors (Lipinski definition) is 5. The van der Waals surface area contributed by atoms with Crippen molar-refractivity contribution in [2.75, 3.05) is 4.90 Å². The number of sulfonamides is 1. The second kappa shape index (κ2) is 6.75. The number of amides is 1. The fourth-order valence-corrected chi connectivity index (χ4v) is 4.05. The molecular weight excluding hydrogens is 426 g/mol. The average molecular weight is 438 g/mol. The van der Waals surface area contributed by atoms with E-state index in [2.05, 4.69) is 15.9 Å². The zero-order chi connectivity index (χ0) is 18.2. The Morgan fingerprint density at radius 3 is 2.44 bits per heavy atom. The van der Waals surface area contributed by atoms with Crippen molar-refractivity contribution in [3.63, 3.8) is 0 Å². The van der Waals surface area contributed by atoms with Crippen molar-refractivity contribution in [2.24, 2.45) is 5.14 Å². The number of thioether (sulfide) groups is 1. The number of nitrogens with one attached hydrogen (secondary N) is 1. The number of hydrogen-bond donors (Lipinski definition) is 2. The van der Waals surface area contributed by atoms with Crippen LogP contribution in [0.4, 0.5) is 5.69 Å². The highest BCUT2D eigenvalue weighted by Gasteiger charge is 2.33. The Morgan fingerprint density at radius 2 is 1.84 bits per heavy atom. The molecule has 1 aliphatic rings. The number of amidine groups is 1. The van der Waals surface area contributed by atoms with Gasteiger partial charge in [-0.3, -0.25) is 15.1 Å². The monoisotopic (exact) mass is 437 g/mol. The first-order chi connectivity index (χ1) is 11.8. The Hall–Kier alpha value is -1.94. The highest BCUT2D eigenvalue weighted by atomic mass is 79.9. The molecule has 3 N–H and O–H groups in total. The summed E-state index contributed by atoms with van der Waals surface area (Å²) in [5, 5.41) is 13.2. The Balaban J connectivity index is 1.91. The van der Waals surface area contributed by atoms with E-state index in [1.54, 1.807) is 6.08 Å². The number of anilines is 1. The summed E-state index contributed by atoms with van der Waals surface area (Å²) in [4.78, 5) is 14.2. The maximum absolute atomic E-state index is 12.6. The van der Waals surface area contributed by atoms with E-state index in [1.807, 2.05) is 24.3 Å². The molecule has 6 nitrogen and oxygen atoms in total. The summed E-state index contributed by atoms with van der Waals surface area (Å²) in [5.41, 5.74) is 1.25. The largest absolute Gasteiger partial charge is 0.278 e. The molecule has 0 bridgehead atoms. The number of carbonyl (C=O) groups excluding carboxylic acids is 1. The lowest BCUT2D eigenvalue weighted by Crippen LogP contribution is -2.28. The topological polar surface area (TPSA) is 104 Å². The number of nitrogens with zero attached hydrogens (tertiary/aromatic N) is 1. The van der Waals surface area contributed by atoms with Gasteiger partial charge in [-0.2, -0.15) is 0 Å². The van der Waals surface area contributed by atoms with Gasteiger partial charge in [0.2, 0.25) is 10.0 Å². The molecule has 0 spiro atoms. The van der Waals surface area contributed by atoms with E-state index in [4.69, 9.17) is 10.5 Å². The van der Waals surface area contributed by atoms with Crippen LogP contribution in [0.5, 0.6) is 0 Å². The number of nitrogens with two attached hydrogens (primary N) is 1. The van der Waals surface area contributed by atoms with Crippen molar-refractivity contribution in [2.45, 2.75) is 4.90 Å². The van der Waals surface area contributed by atoms with E-state index < -0.39 is 10.0 Å². The maximum atomic E-state index is 12.6. The number of primary sulfonamides is 1. The molecule has 1 aliphatic heterocycles. The predicted octanol–water partition coefficient (Wildman–Crippen LogP) is 3.15. The van der Waals surface area contributed by atoms with Crippen LogP contribution in [-0.2, 0) is 14.8 Å². The van der Waals surface area contributed by atoms with Crippen molar-refractivity contribution in [1.82, 2.24) is 0 Å². The van der Waals surface area contributed by atoms with E-state index in [-0.39, 0.29) is 16.0 Å². The highest BCUT2D eigenvalue weighted by molar-refractivity contribution is 9.10. The molecule has 0 unspecified atom stereocenters. The number of carbonyl (C=O) groups is 1. The molecule has 1 amide bonds. The quantitative estimate of drug-likeness (QED) is 0.719. The van der Waals surface area contributed by atoms with Crippen molar-refractivity contribution in [3.05, 3.63) is 63.5 Å². The SMILES string of the molecule is N=C1S/C(=C\c2cccc(Br)c2)C(=O)N1c1ccc(S(N)(=O)=O)cc1. The molecule has 2 aromatic carbocycles. The Morgan fingerprint density at radius 1 is 1.16 bits per heavy atom. The molecule has 0 atom stereocenters. The average Bonchev–Trinajstić information content (AvgIpc) is 2.81. The van der Waals surface area contributed by atoms with Crippen LogP contribution in [-0.4, -0.2) is 19.5 Å². The molecule has 3 rings (SSSR count). The van der Waals surface area contributed by atoms with Crippen LogP contribution in [0.2, 0.25) is 0 Å². The molecule has 0 saturated carbocycles. The zero-order valence-corrected chi connectivity index (χ0v) is 15.9. The van der Waals surface area contributed by atoms with Gasteiger partial charge in [0.15, 0.2) is 5.17 Å². The summed E-state index contributed by atoms with van der Waals surface area (Å²) in [7, 11) is -3.80. The predicted molar refractivity (Wildman–Crippen MR) is 103 cm³/mol. The van der Waals surface area contributed by atoms with Crippen molar-refractivity contribution < 1.29 is 13.2 Å². The van der Waals surface area contributed by atoms with E-state index in [1.165, 1.54) is 29.2 Å². The molecule has 1 fully saturated rings. The van der Waals surface area contributed by atoms with Gasteiger partial charge in [0.25, 0.3) is 5.91 Å². The van der Waals surface area contributed by atoms with Crippen molar-refractivity contribution >= 4 is 60.6 Å². The number of rotatable bonds is 3. The third kappa shape index (κ3) is 3.84. The van der Waals surface area contributed by atoms with Crippen LogP contribution in [0.25, 0.3) is 6.08 Å². The van der Waals surface area contributed by atoms with Crippen LogP contribution >= 0.6 is 27.7 Å². The Kier molecular flexibility index (Phi) is 4.83. The third-order valence-electron chi connectivity index (χ3n) is 3.39. The van der Waals surface area contributed by atoms with Gasteiger partial charge in [-0.25, -0.2) is 13.6 Å². The van der Waals surface area contributed by atoms with Gasteiger partial charge in [-0.1, -0.05) is 28.1 Å². The van der Waals surface area contributed by atoms with Crippen LogP contribution < -0.4 is 10.0 Å². The molecule has 0 aliphatic carbocycles. The minimum atomic E-state index is -3.80. The van der Waals surface area contributed by atoms with Crippen molar-refractivity contribution in [1.29, 1.82) is 5.41 Å². The lowest BCUT2D eigenvalue weighted by molar-refractivity contribution is -0.113. The Bertz CT molecular complexity index is 1000. The van der Waals surface area contributed by atoms with Crippen LogP contribution in [0.1, 0.15) is 5.56 Å². The summed E-state index contributed by atoms with van der Waals surface area (Å²) < 4.78 is 23.5. The van der Waals surface area contributed by atoms with Gasteiger partial charge < -0.3 is 0 Å². The summed E-state index contributed by atoms with van der Waals surface area (Å²) in [6.07, 6.45) is 1.71. The fourth-order valence-electron chi connectivity index (χ4n) is 2.25. The standard InChI is InChI=1S/C16H12BrN3O3S2/c17-11-3-1-2-10(8-11)9-14-15(21)20(16(18)24-14)12-4-6-13(7-5-12)25(19,22)23/h1-9,18H,(H2,19,22,23)/b14-9-,18-16?. The molecule has 1 saturated heterocycles. The second-order valence-corrected chi connectivity index (χ2v) is 8.66. The molecule has 128 valence electrons. The number of benzene rings is 2. The lowest BCUT2D eigenvalue weighted by atomic mass is 10.2. The van der Waals surface area contributed by atoms with Gasteiger partial charge in [0, 0.05) is 4.47 Å².